The first kappa shape index (κ1) is 16.8. The highest BCUT2D eigenvalue weighted by Crippen LogP contribution is 2.23. The molecule has 1 unspecified atom stereocenters. The summed E-state index contributed by atoms with van der Waals surface area (Å²) < 4.78 is 0. The van der Waals surface area contributed by atoms with Gasteiger partial charge < -0.3 is 11.1 Å². The summed E-state index contributed by atoms with van der Waals surface area (Å²) in [7, 11) is 0. The number of aryl methyl sites for hydroxylation is 1. The number of hydrogen-bond acceptors (Lipinski definition) is 2. The molecule has 1 aromatic carbocycles. The van der Waals surface area contributed by atoms with Crippen molar-refractivity contribution in [1.29, 1.82) is 0 Å². The Balaban J connectivity index is 2.73. The lowest BCUT2D eigenvalue weighted by molar-refractivity contribution is 0.591. The van der Waals surface area contributed by atoms with Gasteiger partial charge in [-0.2, -0.15) is 0 Å². The molecule has 0 aliphatic carbocycles. The van der Waals surface area contributed by atoms with E-state index in [2.05, 4.69) is 50.9 Å². The fourth-order valence-corrected chi connectivity index (χ4v) is 2.52. The molecule has 0 spiro atoms. The van der Waals surface area contributed by atoms with Crippen molar-refractivity contribution in [1.82, 2.24) is 0 Å². The number of rotatable bonds is 9. The molecule has 3 N–H and O–H groups in total. The van der Waals surface area contributed by atoms with Crippen molar-refractivity contribution >= 4 is 11.3 Å². The van der Waals surface area contributed by atoms with Crippen LogP contribution in [0, 0.1) is 0 Å². The molecule has 1 atom stereocenters. The highest BCUT2D eigenvalue weighted by Gasteiger charge is 2.08. The van der Waals surface area contributed by atoms with E-state index in [0.29, 0.717) is 12.6 Å². The van der Waals surface area contributed by atoms with Crippen LogP contribution in [0.2, 0.25) is 0 Å². The summed E-state index contributed by atoms with van der Waals surface area (Å²) in [5, 5.41) is 3.57. The van der Waals surface area contributed by atoms with Gasteiger partial charge in [0.05, 0.1) is 0 Å². The zero-order chi connectivity index (χ0) is 15.0. The summed E-state index contributed by atoms with van der Waals surface area (Å²) >= 11 is 0. The van der Waals surface area contributed by atoms with Gasteiger partial charge in [0, 0.05) is 18.3 Å². The summed E-state index contributed by atoms with van der Waals surface area (Å²) in [6, 6.07) is 6.93. The molecule has 0 amide bonds. The van der Waals surface area contributed by atoms with Crippen LogP contribution in [0.15, 0.2) is 24.8 Å². The van der Waals surface area contributed by atoms with Gasteiger partial charge in [0.1, 0.15) is 0 Å². The van der Waals surface area contributed by atoms with Gasteiger partial charge >= 0.3 is 0 Å². The molecule has 0 saturated carbocycles. The zero-order valence-electron chi connectivity index (χ0n) is 13.3. The van der Waals surface area contributed by atoms with Gasteiger partial charge in [-0.3, -0.25) is 0 Å². The Kier molecular flexibility index (Phi) is 7.38. The van der Waals surface area contributed by atoms with E-state index in [1.807, 2.05) is 0 Å². The Labute approximate surface area is 124 Å². The van der Waals surface area contributed by atoms with Crippen LogP contribution in [0.25, 0.3) is 5.57 Å². The highest BCUT2D eigenvalue weighted by molar-refractivity contribution is 5.67. The Bertz CT molecular complexity index is 423. The predicted molar refractivity (Wildman–Crippen MR) is 91.1 cm³/mol. The minimum Gasteiger partial charge on any atom is -0.381 e. The van der Waals surface area contributed by atoms with Gasteiger partial charge in [-0.05, 0) is 43.0 Å². The van der Waals surface area contributed by atoms with Gasteiger partial charge in [-0.25, -0.2) is 0 Å². The van der Waals surface area contributed by atoms with Gasteiger partial charge in [-0.1, -0.05) is 51.3 Å². The van der Waals surface area contributed by atoms with Crippen molar-refractivity contribution < 1.29 is 0 Å². The molecule has 1 aromatic rings. The largest absolute Gasteiger partial charge is 0.381 e. The lowest BCUT2D eigenvalue weighted by Crippen LogP contribution is -2.28. The second-order valence-corrected chi connectivity index (χ2v) is 5.58. The van der Waals surface area contributed by atoms with E-state index < -0.39 is 0 Å². The molecule has 0 radical (unpaired) electrons. The summed E-state index contributed by atoms with van der Waals surface area (Å²) in [6.45, 7) is 11.2. The Morgan fingerprint density at radius 2 is 2.05 bits per heavy atom. The third kappa shape index (κ3) is 5.01. The van der Waals surface area contributed by atoms with E-state index in [4.69, 9.17) is 5.73 Å². The second-order valence-electron chi connectivity index (χ2n) is 5.58. The maximum Gasteiger partial charge on any atom is 0.0383 e. The molecule has 20 heavy (non-hydrogen) atoms. The molecule has 0 saturated heterocycles. The third-order valence-electron chi connectivity index (χ3n) is 3.76. The fourth-order valence-electron chi connectivity index (χ4n) is 2.52. The van der Waals surface area contributed by atoms with Crippen LogP contribution < -0.4 is 11.1 Å². The SMILES string of the molecule is C=C(C)c1ccc(NC(CN)CCCCC)cc1CC. The van der Waals surface area contributed by atoms with Crippen molar-refractivity contribution in [3.8, 4) is 0 Å². The molecule has 0 aliphatic heterocycles. The molecule has 0 fully saturated rings. The molecule has 112 valence electrons. The Morgan fingerprint density at radius 3 is 2.60 bits per heavy atom. The van der Waals surface area contributed by atoms with Crippen molar-refractivity contribution in [2.75, 3.05) is 11.9 Å². The zero-order valence-corrected chi connectivity index (χ0v) is 13.3. The Hall–Kier alpha value is -1.28. The predicted octanol–water partition coefficient (Wildman–Crippen LogP) is 4.60. The summed E-state index contributed by atoms with van der Waals surface area (Å²) in [6.07, 6.45) is 5.96. The smallest absolute Gasteiger partial charge is 0.0383 e. The number of benzene rings is 1. The number of hydrogen-bond donors (Lipinski definition) is 2. The fraction of sp³-hybridized carbons (Fsp3) is 0.556. The number of unbranched alkanes of at least 4 members (excludes halogenated alkanes) is 2. The number of anilines is 1. The van der Waals surface area contributed by atoms with Gasteiger partial charge in [0.2, 0.25) is 0 Å². The molecular weight excluding hydrogens is 244 g/mol. The monoisotopic (exact) mass is 274 g/mol. The molecule has 0 heterocycles. The summed E-state index contributed by atoms with van der Waals surface area (Å²) in [5.41, 5.74) is 10.8. The van der Waals surface area contributed by atoms with Crippen molar-refractivity contribution in [2.24, 2.45) is 5.73 Å². The minimum absolute atomic E-state index is 0.377. The molecule has 0 bridgehead atoms. The first-order valence-electron chi connectivity index (χ1n) is 7.87. The molecular formula is C18H30N2. The molecule has 1 rings (SSSR count). The third-order valence-corrected chi connectivity index (χ3v) is 3.76. The molecule has 0 aliphatic rings. The quantitative estimate of drug-likeness (QED) is 0.646. The summed E-state index contributed by atoms with van der Waals surface area (Å²) in [5.74, 6) is 0. The van der Waals surface area contributed by atoms with E-state index in [-0.39, 0.29) is 0 Å². The maximum atomic E-state index is 5.87. The van der Waals surface area contributed by atoms with Gasteiger partial charge in [-0.15, -0.1) is 0 Å². The topological polar surface area (TPSA) is 38.0 Å². The van der Waals surface area contributed by atoms with Crippen LogP contribution in [0.5, 0.6) is 0 Å². The maximum absolute atomic E-state index is 5.87. The van der Waals surface area contributed by atoms with Crippen LogP contribution in [0.4, 0.5) is 5.69 Å². The second kappa shape index (κ2) is 8.80. The van der Waals surface area contributed by atoms with Gasteiger partial charge in [0.15, 0.2) is 0 Å². The first-order chi connectivity index (χ1) is 9.62. The summed E-state index contributed by atoms with van der Waals surface area (Å²) in [4.78, 5) is 0. The van der Waals surface area contributed by atoms with Crippen LogP contribution >= 0.6 is 0 Å². The van der Waals surface area contributed by atoms with Crippen LogP contribution in [0.3, 0.4) is 0 Å². The molecule has 2 heteroatoms. The lowest BCUT2D eigenvalue weighted by atomic mass is 9.99. The van der Waals surface area contributed by atoms with E-state index in [0.717, 1.165) is 18.4 Å². The standard InChI is InChI=1S/C18H30N2/c1-5-7-8-9-17(13-19)20-16-10-11-18(14(3)4)15(6-2)12-16/h10-12,17,20H,3,5-9,13,19H2,1-2,4H3. The van der Waals surface area contributed by atoms with E-state index >= 15 is 0 Å². The first-order valence-corrected chi connectivity index (χ1v) is 7.87. The number of nitrogens with one attached hydrogen (secondary N) is 1. The van der Waals surface area contributed by atoms with Crippen molar-refractivity contribution in [2.45, 2.75) is 58.9 Å². The van der Waals surface area contributed by atoms with E-state index in [1.165, 1.54) is 36.1 Å². The van der Waals surface area contributed by atoms with Crippen LogP contribution in [0.1, 0.15) is 57.6 Å². The average Bonchev–Trinajstić information content (AvgIpc) is 2.45. The highest BCUT2D eigenvalue weighted by atomic mass is 14.9. The Morgan fingerprint density at radius 1 is 1.30 bits per heavy atom. The average molecular weight is 274 g/mol. The van der Waals surface area contributed by atoms with Crippen molar-refractivity contribution in [3.05, 3.63) is 35.9 Å². The minimum atomic E-state index is 0.377. The number of allylic oxidation sites excluding steroid dienone is 1. The lowest BCUT2D eigenvalue weighted by Gasteiger charge is -2.19. The van der Waals surface area contributed by atoms with E-state index in [9.17, 15) is 0 Å². The molecule has 0 aromatic heterocycles. The molecule has 2 nitrogen and oxygen atoms in total. The van der Waals surface area contributed by atoms with E-state index in [1.54, 1.807) is 0 Å². The normalized spacial score (nSPS) is 12.2. The number of nitrogens with two attached hydrogens (primary N) is 1. The van der Waals surface area contributed by atoms with Crippen molar-refractivity contribution in [3.63, 3.8) is 0 Å². The van der Waals surface area contributed by atoms with Crippen LogP contribution in [-0.2, 0) is 6.42 Å². The van der Waals surface area contributed by atoms with Crippen LogP contribution in [-0.4, -0.2) is 12.6 Å². The van der Waals surface area contributed by atoms with Gasteiger partial charge in [0.25, 0.3) is 0 Å².